The molecule has 1 aromatic rings. The Kier molecular flexibility index (Phi) is 5.80. The topological polar surface area (TPSA) is 76.4 Å². The van der Waals surface area contributed by atoms with Gasteiger partial charge in [0.1, 0.15) is 11.4 Å². The van der Waals surface area contributed by atoms with Crippen LogP contribution in [0, 0.1) is 10.1 Å². The maximum absolute atomic E-state index is 11.3. The first kappa shape index (κ1) is 15.6. The zero-order valence-electron chi connectivity index (χ0n) is 12.4. The van der Waals surface area contributed by atoms with Crippen molar-refractivity contribution < 1.29 is 9.66 Å². The lowest BCUT2D eigenvalue weighted by atomic mass is 10.2. The fraction of sp³-hybridized carbons (Fsp3) is 0.600. The molecule has 0 amide bonds. The van der Waals surface area contributed by atoms with Crippen molar-refractivity contribution in [2.24, 2.45) is 0 Å². The second-order valence-corrected chi connectivity index (χ2v) is 5.19. The summed E-state index contributed by atoms with van der Waals surface area (Å²) in [5.74, 6) is 0. The summed E-state index contributed by atoms with van der Waals surface area (Å²) in [7, 11) is 0. The lowest BCUT2D eigenvalue weighted by Crippen LogP contribution is -2.16. The quantitative estimate of drug-likeness (QED) is 0.436. The van der Waals surface area contributed by atoms with E-state index in [1.54, 1.807) is 12.1 Å². The van der Waals surface area contributed by atoms with Crippen LogP contribution < -0.4 is 10.6 Å². The first-order chi connectivity index (χ1) is 10.2. The predicted molar refractivity (Wildman–Crippen MR) is 84.0 cm³/mol. The molecule has 0 atom stereocenters. The number of nitro groups is 1. The number of anilines is 2. The van der Waals surface area contributed by atoms with E-state index in [1.807, 2.05) is 13.0 Å². The van der Waals surface area contributed by atoms with Crippen LogP contribution in [0.15, 0.2) is 18.2 Å². The Bertz CT molecular complexity index is 473. The highest BCUT2D eigenvalue weighted by atomic mass is 16.6. The van der Waals surface area contributed by atoms with E-state index < -0.39 is 0 Å². The average Bonchev–Trinajstić information content (AvgIpc) is 2.97. The SMILES string of the molecule is CCNc1cccc(NCCOC2CCCC2)c1[N+](=O)[O-]. The molecule has 1 aromatic carbocycles. The number of rotatable bonds is 8. The number of benzene rings is 1. The number of hydrogen-bond donors (Lipinski definition) is 2. The second-order valence-electron chi connectivity index (χ2n) is 5.19. The van der Waals surface area contributed by atoms with Gasteiger partial charge in [-0.05, 0) is 31.9 Å². The molecule has 6 heteroatoms. The van der Waals surface area contributed by atoms with Crippen LogP contribution in [0.1, 0.15) is 32.6 Å². The summed E-state index contributed by atoms with van der Waals surface area (Å²) in [5, 5.41) is 17.4. The van der Waals surface area contributed by atoms with E-state index in [1.165, 1.54) is 12.8 Å². The lowest BCUT2D eigenvalue weighted by molar-refractivity contribution is -0.383. The molecule has 0 radical (unpaired) electrons. The van der Waals surface area contributed by atoms with Crippen molar-refractivity contribution in [3.05, 3.63) is 28.3 Å². The van der Waals surface area contributed by atoms with Crippen molar-refractivity contribution in [2.45, 2.75) is 38.7 Å². The molecule has 1 aliphatic rings. The highest BCUT2D eigenvalue weighted by Gasteiger charge is 2.19. The van der Waals surface area contributed by atoms with Gasteiger partial charge in [-0.25, -0.2) is 0 Å². The Balaban J connectivity index is 1.92. The van der Waals surface area contributed by atoms with Gasteiger partial charge in [-0.15, -0.1) is 0 Å². The normalized spacial score (nSPS) is 15.1. The molecular formula is C15H23N3O3. The van der Waals surface area contributed by atoms with Crippen LogP contribution in [0.25, 0.3) is 0 Å². The summed E-state index contributed by atoms with van der Waals surface area (Å²) in [6.07, 6.45) is 5.13. The molecule has 2 rings (SSSR count). The fourth-order valence-electron chi connectivity index (χ4n) is 2.68. The molecule has 1 saturated carbocycles. The average molecular weight is 293 g/mol. The molecule has 0 bridgehead atoms. The monoisotopic (exact) mass is 293 g/mol. The van der Waals surface area contributed by atoms with Crippen LogP contribution >= 0.6 is 0 Å². The zero-order chi connectivity index (χ0) is 15.1. The lowest BCUT2D eigenvalue weighted by Gasteiger charge is -2.13. The maximum Gasteiger partial charge on any atom is 0.315 e. The van der Waals surface area contributed by atoms with Gasteiger partial charge < -0.3 is 15.4 Å². The number of nitro benzene ring substituents is 1. The van der Waals surface area contributed by atoms with E-state index in [0.717, 1.165) is 12.8 Å². The number of nitrogens with one attached hydrogen (secondary N) is 2. The summed E-state index contributed by atoms with van der Waals surface area (Å²) >= 11 is 0. The molecule has 0 aliphatic heterocycles. The molecule has 0 spiro atoms. The third-order valence-corrected chi connectivity index (χ3v) is 3.66. The van der Waals surface area contributed by atoms with Crippen LogP contribution in [-0.4, -0.2) is 30.7 Å². The van der Waals surface area contributed by atoms with Crippen molar-refractivity contribution in [2.75, 3.05) is 30.3 Å². The minimum absolute atomic E-state index is 0.0974. The Morgan fingerprint density at radius 3 is 2.57 bits per heavy atom. The molecule has 21 heavy (non-hydrogen) atoms. The third kappa shape index (κ3) is 4.32. The van der Waals surface area contributed by atoms with Crippen LogP contribution in [0.2, 0.25) is 0 Å². The molecule has 0 saturated heterocycles. The van der Waals surface area contributed by atoms with Gasteiger partial charge in [0.2, 0.25) is 0 Å². The van der Waals surface area contributed by atoms with Crippen molar-refractivity contribution in [3.63, 3.8) is 0 Å². The van der Waals surface area contributed by atoms with E-state index in [-0.39, 0.29) is 10.6 Å². The molecule has 0 aromatic heterocycles. The Hall–Kier alpha value is -1.82. The van der Waals surface area contributed by atoms with Crippen LogP contribution in [0.5, 0.6) is 0 Å². The van der Waals surface area contributed by atoms with Gasteiger partial charge in [-0.3, -0.25) is 10.1 Å². The van der Waals surface area contributed by atoms with Gasteiger partial charge in [0.15, 0.2) is 0 Å². The smallest absolute Gasteiger partial charge is 0.315 e. The molecule has 116 valence electrons. The molecule has 1 aliphatic carbocycles. The van der Waals surface area contributed by atoms with Gasteiger partial charge in [0.25, 0.3) is 0 Å². The Morgan fingerprint density at radius 1 is 1.29 bits per heavy atom. The zero-order valence-corrected chi connectivity index (χ0v) is 12.4. The summed E-state index contributed by atoms with van der Waals surface area (Å²) < 4.78 is 5.75. The number of ether oxygens (including phenoxy) is 1. The van der Waals surface area contributed by atoms with E-state index >= 15 is 0 Å². The summed E-state index contributed by atoms with van der Waals surface area (Å²) in [5.41, 5.74) is 1.18. The number of hydrogen-bond acceptors (Lipinski definition) is 5. The van der Waals surface area contributed by atoms with Crippen LogP contribution in [0.4, 0.5) is 17.1 Å². The van der Waals surface area contributed by atoms with E-state index in [4.69, 9.17) is 4.74 Å². The molecule has 6 nitrogen and oxygen atoms in total. The van der Waals surface area contributed by atoms with Gasteiger partial charge >= 0.3 is 5.69 Å². The van der Waals surface area contributed by atoms with Crippen LogP contribution in [0.3, 0.4) is 0 Å². The first-order valence-corrected chi connectivity index (χ1v) is 7.59. The van der Waals surface area contributed by atoms with Crippen molar-refractivity contribution >= 4 is 17.1 Å². The van der Waals surface area contributed by atoms with Crippen molar-refractivity contribution in [1.82, 2.24) is 0 Å². The minimum Gasteiger partial charge on any atom is -0.380 e. The van der Waals surface area contributed by atoms with Crippen molar-refractivity contribution in [3.8, 4) is 0 Å². The van der Waals surface area contributed by atoms with Gasteiger partial charge in [-0.1, -0.05) is 18.9 Å². The highest BCUT2D eigenvalue weighted by Crippen LogP contribution is 2.32. The Morgan fingerprint density at radius 2 is 1.95 bits per heavy atom. The molecular weight excluding hydrogens is 270 g/mol. The minimum atomic E-state index is -0.349. The van der Waals surface area contributed by atoms with E-state index in [0.29, 0.717) is 37.2 Å². The molecule has 1 fully saturated rings. The second kappa shape index (κ2) is 7.83. The Labute approximate surface area is 125 Å². The molecule has 0 heterocycles. The number of para-hydroxylation sites is 1. The maximum atomic E-state index is 11.3. The summed E-state index contributed by atoms with van der Waals surface area (Å²) in [6.45, 7) is 3.72. The van der Waals surface area contributed by atoms with Gasteiger partial charge in [0, 0.05) is 13.1 Å². The highest BCUT2D eigenvalue weighted by molar-refractivity contribution is 5.76. The number of nitrogens with zero attached hydrogens (tertiary/aromatic N) is 1. The van der Waals surface area contributed by atoms with Crippen LogP contribution in [-0.2, 0) is 4.74 Å². The molecule has 2 N–H and O–H groups in total. The predicted octanol–water partition coefficient (Wildman–Crippen LogP) is 3.40. The van der Waals surface area contributed by atoms with E-state index in [9.17, 15) is 10.1 Å². The fourth-order valence-corrected chi connectivity index (χ4v) is 2.68. The standard InChI is InChI=1S/C15H23N3O3/c1-2-16-13-8-5-9-14(15(13)18(19)20)17-10-11-21-12-6-3-4-7-12/h5,8-9,12,16-17H,2-4,6-7,10-11H2,1H3. The largest absolute Gasteiger partial charge is 0.380 e. The van der Waals surface area contributed by atoms with Gasteiger partial charge in [0.05, 0.1) is 17.6 Å². The molecule has 0 unspecified atom stereocenters. The summed E-state index contributed by atoms with van der Waals surface area (Å²) in [4.78, 5) is 10.9. The summed E-state index contributed by atoms with van der Waals surface area (Å²) in [6, 6.07) is 5.27. The van der Waals surface area contributed by atoms with E-state index in [2.05, 4.69) is 10.6 Å². The van der Waals surface area contributed by atoms with Gasteiger partial charge in [-0.2, -0.15) is 0 Å². The van der Waals surface area contributed by atoms with Crippen molar-refractivity contribution in [1.29, 1.82) is 0 Å². The first-order valence-electron chi connectivity index (χ1n) is 7.59. The third-order valence-electron chi connectivity index (χ3n) is 3.66.